The van der Waals surface area contributed by atoms with Crippen LogP contribution in [0.15, 0.2) is 33.3 Å². The van der Waals surface area contributed by atoms with Crippen LogP contribution in [0.5, 0.6) is 0 Å². The van der Waals surface area contributed by atoms with Gasteiger partial charge in [0.2, 0.25) is 0 Å². The Hall–Kier alpha value is -1.24. The van der Waals surface area contributed by atoms with Gasteiger partial charge in [0.25, 0.3) is 5.89 Å². The molecule has 0 bridgehead atoms. The quantitative estimate of drug-likeness (QED) is 0.917. The molecule has 5 nitrogen and oxygen atoms in total. The van der Waals surface area contributed by atoms with E-state index < -0.39 is 0 Å². The van der Waals surface area contributed by atoms with E-state index in [2.05, 4.69) is 31.0 Å². The fourth-order valence-corrected chi connectivity index (χ4v) is 3.09. The summed E-state index contributed by atoms with van der Waals surface area (Å²) < 4.78 is 6.29. The Morgan fingerprint density at radius 3 is 2.76 bits per heavy atom. The number of benzene rings is 1. The van der Waals surface area contributed by atoms with E-state index in [-0.39, 0.29) is 6.04 Å². The SMILES string of the molecule is NC(CN1CCCCC1)c1noc(-c2ccccc2Br)n1. The summed E-state index contributed by atoms with van der Waals surface area (Å²) in [6.07, 6.45) is 3.82. The number of aromatic nitrogens is 2. The molecule has 2 N–H and O–H groups in total. The van der Waals surface area contributed by atoms with Crippen molar-refractivity contribution < 1.29 is 4.52 Å². The lowest BCUT2D eigenvalue weighted by Gasteiger charge is -2.27. The van der Waals surface area contributed by atoms with Crippen LogP contribution in [0, 0.1) is 0 Å². The molecule has 1 aromatic heterocycles. The molecule has 1 unspecified atom stereocenters. The van der Waals surface area contributed by atoms with Gasteiger partial charge >= 0.3 is 0 Å². The first kappa shape index (κ1) is 14.7. The molecule has 1 saturated heterocycles. The van der Waals surface area contributed by atoms with Crippen LogP contribution in [0.3, 0.4) is 0 Å². The molecule has 0 aliphatic carbocycles. The van der Waals surface area contributed by atoms with Gasteiger partial charge in [-0.15, -0.1) is 0 Å². The predicted octanol–water partition coefficient (Wildman–Crippen LogP) is 2.98. The second kappa shape index (κ2) is 6.68. The van der Waals surface area contributed by atoms with Crippen molar-refractivity contribution in [2.45, 2.75) is 25.3 Å². The van der Waals surface area contributed by atoms with Crippen LogP contribution in [0.25, 0.3) is 11.5 Å². The maximum Gasteiger partial charge on any atom is 0.259 e. The fourth-order valence-electron chi connectivity index (χ4n) is 2.63. The highest BCUT2D eigenvalue weighted by atomic mass is 79.9. The first-order chi connectivity index (χ1) is 10.2. The molecule has 1 aliphatic heterocycles. The van der Waals surface area contributed by atoms with Gasteiger partial charge < -0.3 is 15.2 Å². The first-order valence-electron chi connectivity index (χ1n) is 7.30. The molecule has 0 amide bonds. The zero-order valence-electron chi connectivity index (χ0n) is 11.8. The molecule has 2 heterocycles. The second-order valence-electron chi connectivity index (χ2n) is 5.41. The van der Waals surface area contributed by atoms with Gasteiger partial charge in [-0.1, -0.05) is 23.7 Å². The Bertz CT molecular complexity index is 595. The number of likely N-dealkylation sites (tertiary alicyclic amines) is 1. The van der Waals surface area contributed by atoms with E-state index in [1.165, 1.54) is 19.3 Å². The number of piperidine rings is 1. The zero-order valence-corrected chi connectivity index (χ0v) is 13.4. The highest BCUT2D eigenvalue weighted by Gasteiger charge is 2.20. The number of nitrogens with two attached hydrogens (primary N) is 1. The van der Waals surface area contributed by atoms with Crippen LogP contribution in [0.1, 0.15) is 31.1 Å². The van der Waals surface area contributed by atoms with E-state index in [1.54, 1.807) is 0 Å². The third-order valence-corrected chi connectivity index (χ3v) is 4.47. The fraction of sp³-hybridized carbons (Fsp3) is 0.467. The van der Waals surface area contributed by atoms with Crippen molar-refractivity contribution in [3.63, 3.8) is 0 Å². The minimum atomic E-state index is -0.205. The van der Waals surface area contributed by atoms with Crippen molar-refractivity contribution in [2.75, 3.05) is 19.6 Å². The molecule has 0 spiro atoms. The lowest BCUT2D eigenvalue weighted by Crippen LogP contribution is -2.36. The molecular weight excluding hydrogens is 332 g/mol. The third kappa shape index (κ3) is 3.51. The van der Waals surface area contributed by atoms with Gasteiger partial charge in [-0.25, -0.2) is 0 Å². The van der Waals surface area contributed by atoms with E-state index >= 15 is 0 Å². The van der Waals surface area contributed by atoms with Gasteiger partial charge in [-0.05, 0) is 54.0 Å². The topological polar surface area (TPSA) is 68.2 Å². The van der Waals surface area contributed by atoms with Crippen LogP contribution >= 0.6 is 15.9 Å². The maximum atomic E-state index is 6.22. The number of rotatable bonds is 4. The van der Waals surface area contributed by atoms with Gasteiger partial charge in [0, 0.05) is 11.0 Å². The van der Waals surface area contributed by atoms with Crippen molar-refractivity contribution in [3.05, 3.63) is 34.6 Å². The Labute approximate surface area is 132 Å². The summed E-state index contributed by atoms with van der Waals surface area (Å²) in [7, 11) is 0. The van der Waals surface area contributed by atoms with E-state index in [1.807, 2.05) is 24.3 Å². The summed E-state index contributed by atoms with van der Waals surface area (Å²) in [5.74, 6) is 1.08. The molecule has 6 heteroatoms. The minimum Gasteiger partial charge on any atom is -0.334 e. The summed E-state index contributed by atoms with van der Waals surface area (Å²) in [6.45, 7) is 3.01. The van der Waals surface area contributed by atoms with Gasteiger partial charge in [0.15, 0.2) is 5.82 Å². The Morgan fingerprint density at radius 1 is 1.24 bits per heavy atom. The molecule has 0 saturated carbocycles. The highest BCUT2D eigenvalue weighted by molar-refractivity contribution is 9.10. The average molecular weight is 351 g/mol. The van der Waals surface area contributed by atoms with Crippen LogP contribution in [-0.4, -0.2) is 34.7 Å². The van der Waals surface area contributed by atoms with Crippen LogP contribution in [0.2, 0.25) is 0 Å². The molecular formula is C15H19BrN4O. The zero-order chi connectivity index (χ0) is 14.7. The van der Waals surface area contributed by atoms with E-state index in [0.29, 0.717) is 11.7 Å². The Balaban J connectivity index is 1.71. The lowest BCUT2D eigenvalue weighted by atomic mass is 10.1. The molecule has 1 fully saturated rings. The van der Waals surface area contributed by atoms with Gasteiger partial charge in [-0.3, -0.25) is 0 Å². The van der Waals surface area contributed by atoms with Crippen molar-refractivity contribution >= 4 is 15.9 Å². The third-order valence-electron chi connectivity index (χ3n) is 3.78. The molecule has 3 rings (SSSR count). The van der Waals surface area contributed by atoms with Gasteiger partial charge in [0.05, 0.1) is 11.6 Å². The molecule has 1 aromatic carbocycles. The Kier molecular flexibility index (Phi) is 4.67. The summed E-state index contributed by atoms with van der Waals surface area (Å²) in [5.41, 5.74) is 7.11. The summed E-state index contributed by atoms with van der Waals surface area (Å²) >= 11 is 3.49. The highest BCUT2D eigenvalue weighted by Crippen LogP contribution is 2.27. The second-order valence-corrected chi connectivity index (χ2v) is 6.26. The first-order valence-corrected chi connectivity index (χ1v) is 8.10. The normalized spacial score (nSPS) is 17.8. The average Bonchev–Trinajstić information content (AvgIpc) is 2.98. The summed E-state index contributed by atoms with van der Waals surface area (Å²) in [5, 5.41) is 4.04. The van der Waals surface area contributed by atoms with Gasteiger partial charge in [0.1, 0.15) is 0 Å². The maximum absolute atomic E-state index is 6.22. The smallest absolute Gasteiger partial charge is 0.259 e. The van der Waals surface area contributed by atoms with Crippen LogP contribution < -0.4 is 5.73 Å². The lowest BCUT2D eigenvalue weighted by molar-refractivity contribution is 0.213. The van der Waals surface area contributed by atoms with Crippen LogP contribution in [0.4, 0.5) is 0 Å². The van der Waals surface area contributed by atoms with Crippen molar-refractivity contribution in [1.82, 2.24) is 15.0 Å². The molecule has 0 radical (unpaired) electrons. The number of hydrogen-bond acceptors (Lipinski definition) is 5. The number of hydrogen-bond donors (Lipinski definition) is 1. The van der Waals surface area contributed by atoms with E-state index in [4.69, 9.17) is 10.3 Å². The van der Waals surface area contributed by atoms with Crippen molar-refractivity contribution in [1.29, 1.82) is 0 Å². The largest absolute Gasteiger partial charge is 0.334 e. The molecule has 1 atom stereocenters. The molecule has 2 aromatic rings. The van der Waals surface area contributed by atoms with E-state index in [9.17, 15) is 0 Å². The predicted molar refractivity (Wildman–Crippen MR) is 84.7 cm³/mol. The van der Waals surface area contributed by atoms with Gasteiger partial charge in [-0.2, -0.15) is 4.98 Å². The standard InChI is InChI=1S/C15H19BrN4O/c16-12-7-3-2-6-11(12)15-18-14(19-21-15)13(17)10-20-8-4-1-5-9-20/h2-3,6-7,13H,1,4-5,8-10,17H2. The van der Waals surface area contributed by atoms with Crippen molar-refractivity contribution in [3.8, 4) is 11.5 Å². The van der Waals surface area contributed by atoms with E-state index in [0.717, 1.165) is 29.7 Å². The molecule has 21 heavy (non-hydrogen) atoms. The summed E-state index contributed by atoms with van der Waals surface area (Å²) in [6, 6.07) is 7.58. The summed E-state index contributed by atoms with van der Waals surface area (Å²) in [4.78, 5) is 6.82. The molecule has 112 valence electrons. The van der Waals surface area contributed by atoms with Crippen LogP contribution in [-0.2, 0) is 0 Å². The molecule has 1 aliphatic rings. The number of halogens is 1. The minimum absolute atomic E-state index is 0.205. The number of nitrogens with zero attached hydrogens (tertiary/aromatic N) is 3. The Morgan fingerprint density at radius 2 is 2.00 bits per heavy atom. The van der Waals surface area contributed by atoms with Crippen molar-refractivity contribution in [2.24, 2.45) is 5.73 Å². The monoisotopic (exact) mass is 350 g/mol.